The standard InChI is InChI=1S/C12H14O7/c13-5-1-3-11(15)7-17-9-19-10-18-8-12(16)4-2-6-14/h1-6H,7-10H2. The van der Waals surface area contributed by atoms with Crippen LogP contribution in [0.2, 0.25) is 0 Å². The molecule has 0 aromatic rings. The first-order valence-electron chi connectivity index (χ1n) is 5.23. The highest BCUT2D eigenvalue weighted by Gasteiger charge is 1.98. The van der Waals surface area contributed by atoms with Gasteiger partial charge in [0, 0.05) is 0 Å². The summed E-state index contributed by atoms with van der Waals surface area (Å²) in [7, 11) is 0. The Hall–Kier alpha value is -1.96. The van der Waals surface area contributed by atoms with Crippen molar-refractivity contribution in [3.8, 4) is 0 Å². The van der Waals surface area contributed by atoms with Gasteiger partial charge in [-0.3, -0.25) is 19.2 Å². The molecule has 0 aliphatic rings. The minimum Gasteiger partial charge on any atom is -0.347 e. The second-order valence-corrected chi connectivity index (χ2v) is 3.06. The minimum atomic E-state index is -0.370. The van der Waals surface area contributed by atoms with Crippen LogP contribution in [0.5, 0.6) is 0 Å². The van der Waals surface area contributed by atoms with Gasteiger partial charge >= 0.3 is 0 Å². The summed E-state index contributed by atoms with van der Waals surface area (Å²) < 4.78 is 14.4. The highest BCUT2D eigenvalue weighted by Crippen LogP contribution is 1.85. The Balaban J connectivity index is 3.41. The molecule has 19 heavy (non-hydrogen) atoms. The van der Waals surface area contributed by atoms with Crippen LogP contribution in [0, 0.1) is 0 Å². The lowest BCUT2D eigenvalue weighted by molar-refractivity contribution is -0.147. The third-order valence-electron chi connectivity index (χ3n) is 1.54. The molecular weight excluding hydrogens is 256 g/mol. The first kappa shape index (κ1) is 17.0. The Morgan fingerprint density at radius 3 is 1.53 bits per heavy atom. The van der Waals surface area contributed by atoms with E-state index in [0.29, 0.717) is 12.6 Å². The molecule has 0 saturated carbocycles. The van der Waals surface area contributed by atoms with Gasteiger partial charge in [-0.25, -0.2) is 0 Å². The quantitative estimate of drug-likeness (QED) is 0.206. The van der Waals surface area contributed by atoms with Crippen molar-refractivity contribution in [3.05, 3.63) is 24.3 Å². The van der Waals surface area contributed by atoms with E-state index in [9.17, 15) is 19.2 Å². The van der Waals surface area contributed by atoms with E-state index in [4.69, 9.17) is 14.2 Å². The molecule has 7 heteroatoms. The summed E-state index contributed by atoms with van der Waals surface area (Å²) in [6, 6.07) is 0. The second-order valence-electron chi connectivity index (χ2n) is 3.06. The summed E-state index contributed by atoms with van der Waals surface area (Å²) in [6.45, 7) is -0.797. The van der Waals surface area contributed by atoms with E-state index in [0.717, 1.165) is 24.3 Å². The van der Waals surface area contributed by atoms with Crippen LogP contribution >= 0.6 is 0 Å². The molecule has 0 atom stereocenters. The fraction of sp³-hybridized carbons (Fsp3) is 0.333. The normalized spacial score (nSPS) is 10.9. The van der Waals surface area contributed by atoms with Gasteiger partial charge < -0.3 is 14.2 Å². The van der Waals surface area contributed by atoms with E-state index in [2.05, 4.69) is 0 Å². The SMILES string of the molecule is O=CC=CC(=O)COCOCOCC(=O)C=CC=O. The number of carbonyl (C=O) groups is 4. The van der Waals surface area contributed by atoms with E-state index in [-0.39, 0.29) is 38.4 Å². The average molecular weight is 270 g/mol. The number of rotatable bonds is 12. The Morgan fingerprint density at radius 2 is 1.16 bits per heavy atom. The number of aldehydes is 2. The molecule has 0 N–H and O–H groups in total. The number of ketones is 2. The van der Waals surface area contributed by atoms with Gasteiger partial charge in [-0.05, 0) is 24.3 Å². The molecule has 0 rings (SSSR count). The molecule has 0 aliphatic heterocycles. The zero-order valence-electron chi connectivity index (χ0n) is 10.2. The van der Waals surface area contributed by atoms with Gasteiger partial charge in [-0.2, -0.15) is 0 Å². The van der Waals surface area contributed by atoms with Crippen molar-refractivity contribution in [1.29, 1.82) is 0 Å². The third-order valence-corrected chi connectivity index (χ3v) is 1.54. The molecule has 0 saturated heterocycles. The lowest BCUT2D eigenvalue weighted by atomic mass is 10.4. The fourth-order valence-electron chi connectivity index (χ4n) is 0.826. The van der Waals surface area contributed by atoms with Crippen molar-refractivity contribution in [1.82, 2.24) is 0 Å². The molecule has 0 radical (unpaired) electrons. The Bertz CT molecular complexity index is 323. The van der Waals surface area contributed by atoms with E-state index < -0.39 is 0 Å². The van der Waals surface area contributed by atoms with Crippen LogP contribution in [-0.2, 0) is 33.4 Å². The number of hydrogen-bond donors (Lipinski definition) is 0. The molecule has 7 nitrogen and oxygen atoms in total. The summed E-state index contributed by atoms with van der Waals surface area (Å²) >= 11 is 0. The van der Waals surface area contributed by atoms with Gasteiger partial charge in [0.15, 0.2) is 11.6 Å². The maximum atomic E-state index is 10.9. The smallest absolute Gasteiger partial charge is 0.181 e. The van der Waals surface area contributed by atoms with Crippen LogP contribution in [0.25, 0.3) is 0 Å². The van der Waals surface area contributed by atoms with Crippen LogP contribution < -0.4 is 0 Å². The van der Waals surface area contributed by atoms with Gasteiger partial charge in [0.05, 0.1) is 0 Å². The van der Waals surface area contributed by atoms with E-state index in [1.807, 2.05) is 0 Å². The molecule has 0 unspecified atom stereocenters. The molecule has 104 valence electrons. The highest BCUT2D eigenvalue weighted by atomic mass is 16.7. The average Bonchev–Trinajstić information content (AvgIpc) is 2.41. The van der Waals surface area contributed by atoms with Crippen LogP contribution in [0.3, 0.4) is 0 Å². The van der Waals surface area contributed by atoms with E-state index in [1.54, 1.807) is 0 Å². The van der Waals surface area contributed by atoms with Crippen LogP contribution in [0.1, 0.15) is 0 Å². The lowest BCUT2D eigenvalue weighted by Crippen LogP contribution is -2.12. The molecule has 0 amide bonds. The third kappa shape index (κ3) is 12.3. The topological polar surface area (TPSA) is 96.0 Å². The van der Waals surface area contributed by atoms with Crippen molar-refractivity contribution in [2.24, 2.45) is 0 Å². The van der Waals surface area contributed by atoms with Crippen molar-refractivity contribution < 1.29 is 33.4 Å². The van der Waals surface area contributed by atoms with Crippen molar-refractivity contribution in [2.75, 3.05) is 26.8 Å². The van der Waals surface area contributed by atoms with Gasteiger partial charge in [0.1, 0.15) is 39.4 Å². The summed E-state index contributed by atoms with van der Waals surface area (Å²) in [5, 5.41) is 0. The summed E-state index contributed by atoms with van der Waals surface area (Å²) in [5.74, 6) is -0.739. The minimum absolute atomic E-state index is 0.182. The molecule has 0 fully saturated rings. The first-order chi connectivity index (χ1) is 9.20. The first-order valence-corrected chi connectivity index (χ1v) is 5.23. The van der Waals surface area contributed by atoms with Crippen molar-refractivity contribution in [2.45, 2.75) is 0 Å². The predicted molar refractivity (Wildman–Crippen MR) is 63.1 cm³/mol. The van der Waals surface area contributed by atoms with Gasteiger partial charge in [0.2, 0.25) is 0 Å². The largest absolute Gasteiger partial charge is 0.347 e. The highest BCUT2D eigenvalue weighted by molar-refractivity contribution is 5.94. The Labute approximate surface area is 109 Å². The molecule has 0 aliphatic carbocycles. The summed E-state index contributed by atoms with van der Waals surface area (Å²) in [4.78, 5) is 41.7. The molecule has 0 bridgehead atoms. The van der Waals surface area contributed by atoms with E-state index in [1.165, 1.54) is 0 Å². The maximum absolute atomic E-state index is 10.9. The van der Waals surface area contributed by atoms with Crippen molar-refractivity contribution >= 4 is 24.1 Å². The number of ether oxygens (including phenoxy) is 3. The van der Waals surface area contributed by atoms with E-state index >= 15 is 0 Å². The summed E-state index contributed by atoms with van der Waals surface area (Å²) in [5.41, 5.74) is 0. The van der Waals surface area contributed by atoms with Crippen LogP contribution in [-0.4, -0.2) is 50.9 Å². The van der Waals surface area contributed by atoms with Crippen LogP contribution in [0.4, 0.5) is 0 Å². The number of allylic oxidation sites excluding steroid dienone is 2. The lowest BCUT2D eigenvalue weighted by Gasteiger charge is -2.04. The molecule has 0 spiro atoms. The molecule has 0 aromatic carbocycles. The van der Waals surface area contributed by atoms with Crippen LogP contribution in [0.15, 0.2) is 24.3 Å². The zero-order valence-corrected chi connectivity index (χ0v) is 10.2. The molecular formula is C12H14O7. The Kier molecular flexibility index (Phi) is 11.2. The molecule has 0 heterocycles. The monoisotopic (exact) mass is 270 g/mol. The Morgan fingerprint density at radius 1 is 0.737 bits per heavy atom. The number of carbonyl (C=O) groups excluding carboxylic acids is 4. The fourth-order valence-corrected chi connectivity index (χ4v) is 0.826. The number of hydrogen-bond acceptors (Lipinski definition) is 7. The zero-order chi connectivity index (χ0) is 14.3. The van der Waals surface area contributed by atoms with Gasteiger partial charge in [-0.15, -0.1) is 0 Å². The maximum Gasteiger partial charge on any atom is 0.181 e. The predicted octanol–water partition coefficient (Wildman–Crippen LogP) is -0.400. The summed E-state index contributed by atoms with van der Waals surface area (Å²) in [6.07, 6.45) is 5.27. The molecule has 0 aromatic heterocycles. The van der Waals surface area contributed by atoms with Gasteiger partial charge in [-0.1, -0.05) is 0 Å². The van der Waals surface area contributed by atoms with Gasteiger partial charge in [0.25, 0.3) is 0 Å². The van der Waals surface area contributed by atoms with Crippen molar-refractivity contribution in [3.63, 3.8) is 0 Å². The second kappa shape index (κ2) is 12.5.